The molecule has 0 aromatic heterocycles. The molecule has 0 saturated carbocycles. The molecule has 4 rings (SSSR count). The number of carbonyl (C=O) groups excluding carboxylic acids is 1. The van der Waals surface area contributed by atoms with E-state index in [1.54, 1.807) is 24.3 Å². The summed E-state index contributed by atoms with van der Waals surface area (Å²) < 4.78 is 25.6. The molecule has 6 heteroatoms. The Morgan fingerprint density at radius 2 is 1.81 bits per heavy atom. The topological polar surface area (TPSA) is 66.5 Å². The first kappa shape index (κ1) is 17.1. The Hall–Kier alpha value is -2.34. The number of nitrogens with zero attached hydrogens (tertiary/aromatic N) is 1. The van der Waals surface area contributed by atoms with Gasteiger partial charge in [-0.25, -0.2) is 8.42 Å². The maximum atomic E-state index is 12.7. The number of amides is 1. The van der Waals surface area contributed by atoms with E-state index < -0.39 is 10.0 Å². The van der Waals surface area contributed by atoms with E-state index >= 15 is 0 Å². The van der Waals surface area contributed by atoms with Crippen molar-refractivity contribution < 1.29 is 13.2 Å². The fourth-order valence-electron chi connectivity index (χ4n) is 3.82. The summed E-state index contributed by atoms with van der Waals surface area (Å²) in [6.07, 6.45) is 4.99. The minimum Gasteiger partial charge on any atom is -0.322 e. The van der Waals surface area contributed by atoms with Gasteiger partial charge in [0, 0.05) is 17.8 Å². The molecule has 0 atom stereocenters. The fourth-order valence-corrected chi connectivity index (χ4v) is 5.38. The Morgan fingerprint density at radius 3 is 2.62 bits per heavy atom. The molecule has 1 aliphatic carbocycles. The van der Waals surface area contributed by atoms with Crippen LogP contribution in [0.15, 0.2) is 42.5 Å². The van der Waals surface area contributed by atoms with Gasteiger partial charge in [0.05, 0.1) is 11.4 Å². The number of rotatable bonds is 3. The van der Waals surface area contributed by atoms with Gasteiger partial charge in [-0.3, -0.25) is 9.10 Å². The van der Waals surface area contributed by atoms with Gasteiger partial charge in [-0.1, -0.05) is 18.2 Å². The van der Waals surface area contributed by atoms with Crippen molar-refractivity contribution >= 4 is 27.3 Å². The first-order valence-electron chi connectivity index (χ1n) is 9.07. The second-order valence-electron chi connectivity index (χ2n) is 6.90. The molecular formula is C20H22N2O3S. The van der Waals surface area contributed by atoms with E-state index in [1.165, 1.54) is 21.9 Å². The molecule has 1 N–H and O–H groups in total. The molecule has 1 fully saturated rings. The summed E-state index contributed by atoms with van der Waals surface area (Å²) in [5, 5.41) is 3.02. The highest BCUT2D eigenvalue weighted by Crippen LogP contribution is 2.29. The molecule has 26 heavy (non-hydrogen) atoms. The molecule has 0 spiro atoms. The zero-order valence-corrected chi connectivity index (χ0v) is 15.4. The van der Waals surface area contributed by atoms with Crippen LogP contribution in [0.1, 0.15) is 40.7 Å². The Kier molecular flexibility index (Phi) is 4.44. The van der Waals surface area contributed by atoms with Gasteiger partial charge in [0.2, 0.25) is 10.0 Å². The van der Waals surface area contributed by atoms with Gasteiger partial charge in [-0.2, -0.15) is 0 Å². The third-order valence-corrected chi connectivity index (χ3v) is 7.01. The van der Waals surface area contributed by atoms with Crippen LogP contribution in [0.4, 0.5) is 11.4 Å². The largest absolute Gasteiger partial charge is 0.322 e. The van der Waals surface area contributed by atoms with E-state index in [9.17, 15) is 13.2 Å². The van der Waals surface area contributed by atoms with Crippen LogP contribution in [0.2, 0.25) is 0 Å². The van der Waals surface area contributed by atoms with Crippen molar-refractivity contribution in [3.63, 3.8) is 0 Å². The van der Waals surface area contributed by atoms with Crippen LogP contribution in [0.3, 0.4) is 0 Å². The van der Waals surface area contributed by atoms with Crippen LogP contribution < -0.4 is 9.62 Å². The molecule has 2 aromatic rings. The van der Waals surface area contributed by atoms with Gasteiger partial charge >= 0.3 is 0 Å². The van der Waals surface area contributed by atoms with Crippen LogP contribution >= 0.6 is 0 Å². The SMILES string of the molecule is O=C(Nc1cccc2c1CCCC2)c1cccc(N2CCCS2(=O)=O)c1. The van der Waals surface area contributed by atoms with E-state index in [0.29, 0.717) is 24.2 Å². The summed E-state index contributed by atoms with van der Waals surface area (Å²) in [5.41, 5.74) is 4.44. The highest BCUT2D eigenvalue weighted by molar-refractivity contribution is 7.93. The summed E-state index contributed by atoms with van der Waals surface area (Å²) in [7, 11) is -3.25. The van der Waals surface area contributed by atoms with Crippen LogP contribution in [0.5, 0.6) is 0 Å². The van der Waals surface area contributed by atoms with Crippen LogP contribution in [0.25, 0.3) is 0 Å². The Labute approximate surface area is 154 Å². The normalized spacial score (nSPS) is 18.4. The number of hydrogen-bond acceptors (Lipinski definition) is 3. The van der Waals surface area contributed by atoms with Gasteiger partial charge in [-0.15, -0.1) is 0 Å². The second kappa shape index (κ2) is 6.76. The average molecular weight is 370 g/mol. The highest BCUT2D eigenvalue weighted by atomic mass is 32.2. The number of aryl methyl sites for hydroxylation is 1. The van der Waals surface area contributed by atoms with Crippen LogP contribution in [0, 0.1) is 0 Å². The quantitative estimate of drug-likeness (QED) is 0.901. The summed E-state index contributed by atoms with van der Waals surface area (Å²) in [4.78, 5) is 12.7. The molecule has 0 unspecified atom stereocenters. The van der Waals surface area contributed by atoms with Crippen LogP contribution in [-0.4, -0.2) is 26.6 Å². The van der Waals surface area contributed by atoms with E-state index in [0.717, 1.165) is 24.9 Å². The number of carbonyl (C=O) groups is 1. The van der Waals surface area contributed by atoms with Crippen molar-refractivity contribution in [1.29, 1.82) is 0 Å². The molecule has 1 saturated heterocycles. The van der Waals surface area contributed by atoms with Crippen molar-refractivity contribution in [1.82, 2.24) is 0 Å². The smallest absolute Gasteiger partial charge is 0.255 e. The lowest BCUT2D eigenvalue weighted by atomic mass is 9.90. The number of benzene rings is 2. The fraction of sp³-hybridized carbons (Fsp3) is 0.350. The summed E-state index contributed by atoms with van der Waals surface area (Å²) in [5.74, 6) is -0.0398. The lowest BCUT2D eigenvalue weighted by molar-refractivity contribution is 0.102. The van der Waals surface area contributed by atoms with E-state index in [2.05, 4.69) is 11.4 Å². The number of nitrogens with one attached hydrogen (secondary N) is 1. The molecule has 1 aliphatic heterocycles. The molecule has 1 heterocycles. The molecule has 136 valence electrons. The van der Waals surface area contributed by atoms with Crippen molar-refractivity contribution in [2.24, 2.45) is 0 Å². The lowest BCUT2D eigenvalue weighted by Crippen LogP contribution is -2.25. The summed E-state index contributed by atoms with van der Waals surface area (Å²) in [6.45, 7) is 0.472. The van der Waals surface area contributed by atoms with Gasteiger partial charge in [0.25, 0.3) is 5.91 Å². The third kappa shape index (κ3) is 3.21. The number of hydrogen-bond donors (Lipinski definition) is 1. The monoisotopic (exact) mass is 370 g/mol. The van der Waals surface area contributed by atoms with Crippen LogP contribution in [-0.2, 0) is 22.9 Å². The van der Waals surface area contributed by atoms with Gasteiger partial charge in [0.1, 0.15) is 0 Å². The van der Waals surface area contributed by atoms with Crippen molar-refractivity contribution in [3.05, 3.63) is 59.2 Å². The predicted molar refractivity (Wildman–Crippen MR) is 103 cm³/mol. The average Bonchev–Trinajstić information content (AvgIpc) is 3.01. The maximum Gasteiger partial charge on any atom is 0.255 e. The predicted octanol–water partition coefficient (Wildman–Crippen LogP) is 3.36. The number of fused-ring (bicyclic) bond motifs is 1. The van der Waals surface area contributed by atoms with E-state index in [-0.39, 0.29) is 11.7 Å². The summed E-state index contributed by atoms with van der Waals surface area (Å²) >= 11 is 0. The minimum absolute atomic E-state index is 0.166. The Morgan fingerprint density at radius 1 is 1.00 bits per heavy atom. The van der Waals surface area contributed by atoms with Gasteiger partial charge in [-0.05, 0) is 67.5 Å². The third-order valence-electron chi connectivity index (χ3n) is 5.14. The molecular weight excluding hydrogens is 348 g/mol. The highest BCUT2D eigenvalue weighted by Gasteiger charge is 2.28. The van der Waals surface area contributed by atoms with Crippen molar-refractivity contribution in [3.8, 4) is 0 Å². The standard InChI is InChI=1S/C20H22N2O3S/c23-20(21-19-11-4-7-15-6-1-2-10-18(15)19)16-8-3-9-17(14-16)22-12-5-13-26(22,24)25/h3-4,7-9,11,14H,1-2,5-6,10,12-13H2,(H,21,23). The van der Waals surface area contributed by atoms with E-state index in [4.69, 9.17) is 0 Å². The maximum absolute atomic E-state index is 12.7. The molecule has 2 aliphatic rings. The molecule has 0 bridgehead atoms. The summed E-state index contributed by atoms with van der Waals surface area (Å²) in [6, 6.07) is 12.9. The second-order valence-corrected chi connectivity index (χ2v) is 8.91. The minimum atomic E-state index is -3.25. The molecule has 1 amide bonds. The molecule has 0 radical (unpaired) electrons. The lowest BCUT2D eigenvalue weighted by Gasteiger charge is -2.20. The van der Waals surface area contributed by atoms with Gasteiger partial charge < -0.3 is 5.32 Å². The Balaban J connectivity index is 1.59. The van der Waals surface area contributed by atoms with Crippen molar-refractivity contribution in [2.75, 3.05) is 21.9 Å². The molecule has 5 nitrogen and oxygen atoms in total. The molecule has 2 aromatic carbocycles. The Bertz CT molecular complexity index is 953. The zero-order chi connectivity index (χ0) is 18.1. The van der Waals surface area contributed by atoms with E-state index in [1.807, 2.05) is 12.1 Å². The first-order valence-corrected chi connectivity index (χ1v) is 10.7. The zero-order valence-electron chi connectivity index (χ0n) is 14.6. The number of anilines is 2. The first-order chi connectivity index (χ1) is 12.5. The van der Waals surface area contributed by atoms with Gasteiger partial charge in [0.15, 0.2) is 0 Å². The van der Waals surface area contributed by atoms with Crippen molar-refractivity contribution in [2.45, 2.75) is 32.1 Å². The number of sulfonamides is 1.